The Balaban J connectivity index is 2.46. The number of hydrogen-bond acceptors (Lipinski definition) is 5. The van der Waals surface area contributed by atoms with Gasteiger partial charge < -0.3 is 19.6 Å². The fourth-order valence-electron chi connectivity index (χ4n) is 3.44. The second-order valence-electron chi connectivity index (χ2n) is 8.04. The smallest absolute Gasteiger partial charge is 0.290 e. The summed E-state index contributed by atoms with van der Waals surface area (Å²) in [6, 6.07) is 6.69. The summed E-state index contributed by atoms with van der Waals surface area (Å²) >= 11 is 0. The Morgan fingerprint density at radius 3 is 2.21 bits per heavy atom. The highest BCUT2D eigenvalue weighted by Crippen LogP contribution is 2.41. The number of aliphatic hydroxyl groups is 1. The van der Waals surface area contributed by atoms with Crippen LogP contribution in [0.2, 0.25) is 0 Å². The molecule has 1 atom stereocenters. The van der Waals surface area contributed by atoms with Crippen LogP contribution in [0, 0.1) is 5.41 Å². The van der Waals surface area contributed by atoms with Gasteiger partial charge in [-0.1, -0.05) is 46.8 Å². The fraction of sp³-hybridized carbons (Fsp3) is 0.545. The van der Waals surface area contributed by atoms with Gasteiger partial charge >= 0.3 is 0 Å². The van der Waals surface area contributed by atoms with Gasteiger partial charge in [0.2, 0.25) is 0 Å². The van der Waals surface area contributed by atoms with Crippen LogP contribution in [0.15, 0.2) is 35.6 Å². The lowest BCUT2D eigenvalue weighted by atomic mass is 9.82. The molecule has 1 aliphatic rings. The number of ether oxygens (including phenoxy) is 1. The minimum absolute atomic E-state index is 0.183. The van der Waals surface area contributed by atoms with Crippen LogP contribution in [-0.2, 0) is 9.59 Å². The van der Waals surface area contributed by atoms with Crippen LogP contribution < -0.4 is 4.74 Å². The maximum atomic E-state index is 13.1. The fourth-order valence-corrected chi connectivity index (χ4v) is 3.44. The molecule has 6 heteroatoms. The number of benzene rings is 1. The number of ketones is 1. The van der Waals surface area contributed by atoms with E-state index in [4.69, 9.17) is 4.74 Å². The number of hydrogen-bond donors (Lipinski definition) is 1. The first-order valence-electron chi connectivity index (χ1n) is 9.80. The molecule has 6 nitrogen and oxygen atoms in total. The lowest BCUT2D eigenvalue weighted by Gasteiger charge is -2.30. The maximum absolute atomic E-state index is 13.1. The first kappa shape index (κ1) is 22.0. The summed E-state index contributed by atoms with van der Waals surface area (Å²) in [6.07, 6.45) is 0. The molecule has 1 aromatic rings. The van der Waals surface area contributed by atoms with Crippen LogP contribution in [0.25, 0.3) is 0 Å². The minimum atomic E-state index is -0.705. The van der Waals surface area contributed by atoms with Crippen molar-refractivity contribution in [1.82, 2.24) is 9.80 Å². The van der Waals surface area contributed by atoms with Crippen molar-refractivity contribution in [3.63, 3.8) is 0 Å². The van der Waals surface area contributed by atoms with Crippen molar-refractivity contribution in [2.75, 3.05) is 33.3 Å². The van der Waals surface area contributed by atoms with E-state index in [1.165, 1.54) is 0 Å². The van der Waals surface area contributed by atoms with Gasteiger partial charge in [0.25, 0.3) is 5.91 Å². The molecule has 1 aliphatic heterocycles. The quantitative estimate of drug-likeness (QED) is 0.740. The van der Waals surface area contributed by atoms with Gasteiger partial charge in [-0.05, 0) is 30.8 Å². The zero-order valence-electron chi connectivity index (χ0n) is 17.8. The second-order valence-corrected chi connectivity index (χ2v) is 8.04. The molecule has 1 unspecified atom stereocenters. The Hall–Kier alpha value is -2.34. The lowest BCUT2D eigenvalue weighted by molar-refractivity contribution is -0.129. The van der Waals surface area contributed by atoms with Crippen molar-refractivity contribution in [1.29, 1.82) is 0 Å². The molecule has 0 aliphatic carbocycles. The molecule has 0 aromatic heterocycles. The Bertz CT molecular complexity index is 743. The van der Waals surface area contributed by atoms with Crippen molar-refractivity contribution in [2.24, 2.45) is 5.41 Å². The number of rotatable bonds is 8. The molecular weight excluding hydrogens is 356 g/mol. The normalized spacial score (nSPS) is 17.6. The van der Waals surface area contributed by atoms with Crippen LogP contribution in [0.4, 0.5) is 0 Å². The molecule has 0 bridgehead atoms. The molecule has 1 heterocycles. The van der Waals surface area contributed by atoms with Crippen molar-refractivity contribution in [2.45, 2.75) is 40.7 Å². The van der Waals surface area contributed by atoms with Crippen molar-refractivity contribution >= 4 is 11.7 Å². The molecule has 154 valence electrons. The summed E-state index contributed by atoms with van der Waals surface area (Å²) in [6.45, 7) is 12.4. The Kier molecular flexibility index (Phi) is 6.88. The van der Waals surface area contributed by atoms with E-state index in [1.807, 2.05) is 12.1 Å². The molecule has 1 aromatic carbocycles. The summed E-state index contributed by atoms with van der Waals surface area (Å²) in [5, 5.41) is 10.6. The zero-order chi connectivity index (χ0) is 21.1. The van der Waals surface area contributed by atoms with Crippen molar-refractivity contribution in [3.05, 3.63) is 41.2 Å². The number of Topliss-reactive ketones (excluding diaryl/α,β-unsaturated/α-hetero) is 1. The van der Waals surface area contributed by atoms with E-state index in [0.29, 0.717) is 18.8 Å². The van der Waals surface area contributed by atoms with Gasteiger partial charge in [-0.15, -0.1) is 0 Å². The Morgan fingerprint density at radius 2 is 1.75 bits per heavy atom. The highest BCUT2D eigenvalue weighted by Gasteiger charge is 2.45. The topological polar surface area (TPSA) is 70.1 Å². The summed E-state index contributed by atoms with van der Waals surface area (Å²) in [7, 11) is 1.59. The summed E-state index contributed by atoms with van der Waals surface area (Å²) in [5.74, 6) is -0.440. The molecule has 28 heavy (non-hydrogen) atoms. The number of carbonyl (C=O) groups is 2. The molecule has 1 amide bonds. The molecule has 0 fully saturated rings. The van der Waals surface area contributed by atoms with Gasteiger partial charge in [0, 0.05) is 18.5 Å². The zero-order valence-corrected chi connectivity index (χ0v) is 17.8. The first-order valence-corrected chi connectivity index (χ1v) is 9.80. The number of likely N-dealkylation sites (N-methyl/N-ethyl adjacent to an activating group) is 1. The van der Waals surface area contributed by atoms with Gasteiger partial charge in [0.05, 0.1) is 18.7 Å². The third kappa shape index (κ3) is 4.38. The second kappa shape index (κ2) is 8.78. The average molecular weight is 389 g/mol. The standard InChI is InChI=1S/C22H32N2O4/c1-7-23(8-2)13-14-24-18(15-9-11-16(28-6)12-10-15)17(19(25)21(24)27)20(26)22(3,4)5/h9-12,18,25H,7-8,13-14H2,1-6H3. The molecule has 0 saturated heterocycles. The van der Waals surface area contributed by atoms with Crippen LogP contribution in [0.1, 0.15) is 46.2 Å². The summed E-state index contributed by atoms with van der Waals surface area (Å²) < 4.78 is 5.22. The predicted molar refractivity (Wildman–Crippen MR) is 109 cm³/mol. The molecule has 2 rings (SSSR count). The van der Waals surface area contributed by atoms with Gasteiger partial charge in [0.15, 0.2) is 11.5 Å². The number of methoxy groups -OCH3 is 1. The number of carbonyl (C=O) groups excluding carboxylic acids is 2. The van der Waals surface area contributed by atoms with Crippen molar-refractivity contribution in [3.8, 4) is 5.75 Å². The molecule has 0 radical (unpaired) electrons. The predicted octanol–water partition coefficient (Wildman–Crippen LogP) is 3.35. The molecule has 0 spiro atoms. The van der Waals surface area contributed by atoms with E-state index in [-0.39, 0.29) is 11.4 Å². The Morgan fingerprint density at radius 1 is 1.18 bits per heavy atom. The number of nitrogens with zero attached hydrogens (tertiary/aromatic N) is 2. The Labute approximate surface area is 167 Å². The monoisotopic (exact) mass is 388 g/mol. The van der Waals surface area contributed by atoms with E-state index in [0.717, 1.165) is 18.7 Å². The van der Waals surface area contributed by atoms with E-state index in [2.05, 4.69) is 18.7 Å². The summed E-state index contributed by atoms with van der Waals surface area (Å²) in [4.78, 5) is 29.8. The van der Waals surface area contributed by atoms with Gasteiger partial charge in [0.1, 0.15) is 5.75 Å². The van der Waals surface area contributed by atoms with E-state index < -0.39 is 23.1 Å². The lowest BCUT2D eigenvalue weighted by Crippen LogP contribution is -2.39. The van der Waals surface area contributed by atoms with Gasteiger partial charge in [-0.2, -0.15) is 0 Å². The maximum Gasteiger partial charge on any atom is 0.290 e. The van der Waals surface area contributed by atoms with E-state index in [9.17, 15) is 14.7 Å². The molecule has 0 saturated carbocycles. The molecule has 1 N–H and O–H groups in total. The van der Waals surface area contributed by atoms with Crippen LogP contribution in [-0.4, -0.2) is 59.9 Å². The van der Waals surface area contributed by atoms with E-state index in [1.54, 1.807) is 44.9 Å². The minimum Gasteiger partial charge on any atom is -0.503 e. The van der Waals surface area contributed by atoms with E-state index >= 15 is 0 Å². The highest BCUT2D eigenvalue weighted by atomic mass is 16.5. The van der Waals surface area contributed by atoms with Gasteiger partial charge in [-0.25, -0.2) is 0 Å². The number of amides is 1. The van der Waals surface area contributed by atoms with Crippen LogP contribution >= 0.6 is 0 Å². The molecular formula is C22H32N2O4. The largest absolute Gasteiger partial charge is 0.503 e. The van der Waals surface area contributed by atoms with Crippen molar-refractivity contribution < 1.29 is 19.4 Å². The van der Waals surface area contributed by atoms with Gasteiger partial charge in [-0.3, -0.25) is 9.59 Å². The first-order chi connectivity index (χ1) is 13.1. The number of aliphatic hydroxyl groups excluding tert-OH is 1. The third-order valence-corrected chi connectivity index (χ3v) is 5.21. The third-order valence-electron chi connectivity index (χ3n) is 5.21. The van der Waals surface area contributed by atoms with Crippen LogP contribution in [0.5, 0.6) is 5.75 Å². The highest BCUT2D eigenvalue weighted by molar-refractivity contribution is 6.10. The summed E-state index contributed by atoms with van der Waals surface area (Å²) in [5.41, 5.74) is 0.260. The van der Waals surface area contributed by atoms with Crippen LogP contribution in [0.3, 0.4) is 0 Å². The SMILES string of the molecule is CCN(CC)CCN1C(=O)C(O)=C(C(=O)C(C)(C)C)C1c1ccc(OC)cc1. The average Bonchev–Trinajstić information content (AvgIpc) is 2.92.